The molecule has 1 aromatic carbocycles. The number of carbonyl (C=O) groups excluding carboxylic acids is 1. The van der Waals surface area contributed by atoms with E-state index < -0.39 is 0 Å². The molecule has 0 aliphatic heterocycles. The molecule has 0 saturated heterocycles. The zero-order valence-electron chi connectivity index (χ0n) is 10.4. The number of hydrogen-bond acceptors (Lipinski definition) is 5. The number of aromatic nitrogens is 1. The Morgan fingerprint density at radius 1 is 1.22 bits per heavy atom. The lowest BCUT2D eigenvalue weighted by atomic mass is 10.2. The lowest BCUT2D eigenvalue weighted by molar-refractivity contribution is 0.112. The lowest BCUT2D eigenvalue weighted by Gasteiger charge is -2.08. The van der Waals surface area contributed by atoms with E-state index in [0.29, 0.717) is 16.4 Å². The molecule has 0 saturated carbocycles. The Bertz CT molecular complexity index is 578. The van der Waals surface area contributed by atoms with Crippen molar-refractivity contribution in [2.24, 2.45) is 0 Å². The fraction of sp³-hybridized carbons (Fsp3) is 0.231. The van der Waals surface area contributed by atoms with Crippen molar-refractivity contribution in [2.45, 2.75) is 6.92 Å². The molecule has 18 heavy (non-hydrogen) atoms. The van der Waals surface area contributed by atoms with Gasteiger partial charge in [0.15, 0.2) is 17.8 Å². The molecule has 4 nitrogen and oxygen atoms in total. The topological polar surface area (TPSA) is 48.4 Å². The maximum Gasteiger partial charge on any atom is 0.161 e. The van der Waals surface area contributed by atoms with Crippen molar-refractivity contribution in [3.8, 4) is 22.1 Å². The predicted molar refractivity (Wildman–Crippen MR) is 70.8 cm³/mol. The maximum atomic E-state index is 10.8. The van der Waals surface area contributed by atoms with Gasteiger partial charge in [0.1, 0.15) is 5.01 Å². The van der Waals surface area contributed by atoms with Crippen molar-refractivity contribution in [3.05, 3.63) is 28.8 Å². The molecular weight excluding hydrogens is 250 g/mol. The number of rotatable bonds is 4. The Kier molecular flexibility index (Phi) is 3.62. The molecule has 0 radical (unpaired) electrons. The minimum Gasteiger partial charge on any atom is -0.493 e. The van der Waals surface area contributed by atoms with Crippen molar-refractivity contribution in [1.29, 1.82) is 0 Å². The van der Waals surface area contributed by atoms with Gasteiger partial charge in [-0.2, -0.15) is 0 Å². The summed E-state index contributed by atoms with van der Waals surface area (Å²) in [7, 11) is 3.18. The zero-order chi connectivity index (χ0) is 13.1. The van der Waals surface area contributed by atoms with Crippen LogP contribution in [-0.2, 0) is 0 Å². The van der Waals surface area contributed by atoms with Crippen LogP contribution in [0.3, 0.4) is 0 Å². The van der Waals surface area contributed by atoms with Gasteiger partial charge in [-0.3, -0.25) is 4.79 Å². The summed E-state index contributed by atoms with van der Waals surface area (Å²) in [6.07, 6.45) is 0.831. The number of methoxy groups -OCH3 is 2. The summed E-state index contributed by atoms with van der Waals surface area (Å²) >= 11 is 1.37. The van der Waals surface area contributed by atoms with Gasteiger partial charge < -0.3 is 9.47 Å². The first-order valence-electron chi connectivity index (χ1n) is 5.34. The highest BCUT2D eigenvalue weighted by Crippen LogP contribution is 2.34. The van der Waals surface area contributed by atoms with Gasteiger partial charge in [0.05, 0.1) is 24.8 Å². The summed E-state index contributed by atoms with van der Waals surface area (Å²) in [6, 6.07) is 5.57. The third-order valence-corrected chi connectivity index (χ3v) is 3.70. The van der Waals surface area contributed by atoms with Gasteiger partial charge in [0.25, 0.3) is 0 Å². The summed E-state index contributed by atoms with van der Waals surface area (Å²) in [4.78, 5) is 15.8. The molecule has 2 rings (SSSR count). The fourth-order valence-electron chi connectivity index (χ4n) is 1.61. The van der Waals surface area contributed by atoms with E-state index in [4.69, 9.17) is 9.47 Å². The third kappa shape index (κ3) is 2.22. The van der Waals surface area contributed by atoms with Gasteiger partial charge in [0, 0.05) is 5.56 Å². The quantitative estimate of drug-likeness (QED) is 0.796. The third-order valence-electron chi connectivity index (χ3n) is 2.57. The van der Waals surface area contributed by atoms with Crippen LogP contribution in [0.15, 0.2) is 18.2 Å². The smallest absolute Gasteiger partial charge is 0.161 e. The largest absolute Gasteiger partial charge is 0.493 e. The Hall–Kier alpha value is -1.88. The molecule has 0 amide bonds. The second-order valence-corrected chi connectivity index (χ2v) is 4.69. The molecule has 2 aromatic rings. The van der Waals surface area contributed by atoms with Crippen LogP contribution in [-0.4, -0.2) is 25.5 Å². The van der Waals surface area contributed by atoms with E-state index in [2.05, 4.69) is 4.98 Å². The number of ether oxygens (including phenoxy) is 2. The van der Waals surface area contributed by atoms with Crippen molar-refractivity contribution < 1.29 is 14.3 Å². The number of carbonyl (C=O) groups is 1. The highest BCUT2D eigenvalue weighted by atomic mass is 32.1. The molecule has 0 aliphatic rings. The van der Waals surface area contributed by atoms with E-state index in [1.165, 1.54) is 11.3 Å². The standard InChI is InChI=1S/C13H13NO3S/c1-8-12(7-15)18-13(14-8)9-4-5-10(16-2)11(6-9)17-3/h4-7H,1-3H3. The van der Waals surface area contributed by atoms with Crippen LogP contribution in [0, 0.1) is 6.92 Å². The molecule has 1 heterocycles. The molecular formula is C13H13NO3S. The Morgan fingerprint density at radius 2 is 1.94 bits per heavy atom. The Morgan fingerprint density at radius 3 is 2.50 bits per heavy atom. The van der Waals surface area contributed by atoms with Crippen LogP contribution in [0.25, 0.3) is 10.6 Å². The van der Waals surface area contributed by atoms with E-state index in [1.54, 1.807) is 14.2 Å². The molecule has 5 heteroatoms. The van der Waals surface area contributed by atoms with Crippen LogP contribution in [0.4, 0.5) is 0 Å². The maximum absolute atomic E-state index is 10.8. The van der Waals surface area contributed by atoms with E-state index >= 15 is 0 Å². The highest BCUT2D eigenvalue weighted by Gasteiger charge is 2.11. The minimum absolute atomic E-state index is 0.649. The minimum atomic E-state index is 0.649. The van der Waals surface area contributed by atoms with Gasteiger partial charge in [-0.25, -0.2) is 4.98 Å². The number of benzene rings is 1. The van der Waals surface area contributed by atoms with E-state index in [9.17, 15) is 4.79 Å². The molecule has 0 spiro atoms. The molecule has 0 fully saturated rings. The van der Waals surface area contributed by atoms with Gasteiger partial charge in [-0.15, -0.1) is 11.3 Å². The first kappa shape index (κ1) is 12.6. The first-order chi connectivity index (χ1) is 8.69. The summed E-state index contributed by atoms with van der Waals surface area (Å²) in [6.45, 7) is 1.82. The average Bonchev–Trinajstić information content (AvgIpc) is 2.79. The highest BCUT2D eigenvalue weighted by molar-refractivity contribution is 7.16. The molecule has 1 aromatic heterocycles. The molecule has 0 bridgehead atoms. The van der Waals surface area contributed by atoms with E-state index in [1.807, 2.05) is 25.1 Å². The number of hydrogen-bond donors (Lipinski definition) is 0. The van der Waals surface area contributed by atoms with Crippen LogP contribution in [0.1, 0.15) is 15.4 Å². The van der Waals surface area contributed by atoms with Crippen LogP contribution >= 0.6 is 11.3 Å². The molecule has 0 atom stereocenters. The summed E-state index contributed by atoms with van der Waals surface area (Å²) in [5, 5.41) is 0.801. The first-order valence-corrected chi connectivity index (χ1v) is 6.16. The van der Waals surface area contributed by atoms with Crippen molar-refractivity contribution in [2.75, 3.05) is 14.2 Å². The van der Waals surface area contributed by atoms with Gasteiger partial charge >= 0.3 is 0 Å². The number of thiazole rings is 1. The zero-order valence-corrected chi connectivity index (χ0v) is 11.2. The number of nitrogens with zero attached hydrogens (tertiary/aromatic N) is 1. The van der Waals surface area contributed by atoms with E-state index in [-0.39, 0.29) is 0 Å². The monoisotopic (exact) mass is 263 g/mol. The predicted octanol–water partition coefficient (Wildman–Crippen LogP) is 2.95. The van der Waals surface area contributed by atoms with Crippen molar-refractivity contribution in [3.63, 3.8) is 0 Å². The second kappa shape index (κ2) is 5.18. The summed E-state index contributed by atoms with van der Waals surface area (Å²) in [5.41, 5.74) is 1.66. The van der Waals surface area contributed by atoms with Crippen LogP contribution in [0.2, 0.25) is 0 Å². The second-order valence-electron chi connectivity index (χ2n) is 3.66. The molecule has 94 valence electrons. The van der Waals surface area contributed by atoms with Gasteiger partial charge in [0.2, 0.25) is 0 Å². The fourth-order valence-corrected chi connectivity index (χ4v) is 2.49. The van der Waals surface area contributed by atoms with Crippen molar-refractivity contribution >= 4 is 17.6 Å². The average molecular weight is 263 g/mol. The SMILES string of the molecule is COc1ccc(-c2nc(C)c(C=O)s2)cc1OC. The normalized spacial score (nSPS) is 10.2. The lowest BCUT2D eigenvalue weighted by Crippen LogP contribution is -1.90. The van der Waals surface area contributed by atoms with Crippen LogP contribution < -0.4 is 9.47 Å². The Labute approximate surface area is 109 Å². The summed E-state index contributed by atoms with van der Waals surface area (Å²) in [5.74, 6) is 1.32. The molecule has 0 N–H and O–H groups in total. The number of aryl methyl sites for hydroxylation is 1. The van der Waals surface area contributed by atoms with Gasteiger partial charge in [-0.1, -0.05) is 0 Å². The molecule has 0 aliphatic carbocycles. The van der Waals surface area contributed by atoms with Crippen molar-refractivity contribution in [1.82, 2.24) is 4.98 Å². The number of aldehydes is 1. The summed E-state index contributed by atoms with van der Waals surface area (Å²) < 4.78 is 10.4. The Balaban J connectivity index is 2.47. The van der Waals surface area contributed by atoms with Gasteiger partial charge in [-0.05, 0) is 25.1 Å². The van der Waals surface area contributed by atoms with Crippen LogP contribution in [0.5, 0.6) is 11.5 Å². The molecule has 0 unspecified atom stereocenters. The van der Waals surface area contributed by atoms with E-state index in [0.717, 1.165) is 22.6 Å².